The summed E-state index contributed by atoms with van der Waals surface area (Å²) in [6.07, 6.45) is 4.28. The fourth-order valence-electron chi connectivity index (χ4n) is 2.85. The van der Waals surface area contributed by atoms with Gasteiger partial charge in [0.15, 0.2) is 0 Å². The fourth-order valence-corrected chi connectivity index (χ4v) is 3.71. The molecule has 1 aliphatic rings. The number of carbonyl (C=O) groups is 1. The number of nitrogens with one attached hydrogen (secondary N) is 1. The molecule has 0 atom stereocenters. The van der Waals surface area contributed by atoms with E-state index in [-0.39, 0.29) is 6.03 Å². The van der Waals surface area contributed by atoms with E-state index in [0.717, 1.165) is 62.0 Å². The van der Waals surface area contributed by atoms with Crippen LogP contribution in [0, 0.1) is 0 Å². The molecule has 7 nitrogen and oxygen atoms in total. The van der Waals surface area contributed by atoms with Crippen molar-refractivity contribution in [2.45, 2.75) is 6.42 Å². The van der Waals surface area contributed by atoms with Crippen molar-refractivity contribution in [2.75, 3.05) is 53.0 Å². The molecule has 8 heteroatoms. The molecule has 0 unspecified atom stereocenters. The van der Waals surface area contributed by atoms with Gasteiger partial charge >= 0.3 is 6.03 Å². The van der Waals surface area contributed by atoms with Crippen molar-refractivity contribution in [3.05, 3.63) is 35.6 Å². The molecule has 0 bridgehead atoms. The molecule has 1 fully saturated rings. The van der Waals surface area contributed by atoms with Gasteiger partial charge < -0.3 is 15.0 Å². The topological polar surface area (TPSA) is 70.6 Å². The molecule has 140 valence electrons. The van der Waals surface area contributed by atoms with Gasteiger partial charge in [0.2, 0.25) is 0 Å². The minimum atomic E-state index is 0.0148. The van der Waals surface area contributed by atoms with Gasteiger partial charge in [0.05, 0.1) is 12.3 Å². The monoisotopic (exact) mass is 375 g/mol. The molecule has 26 heavy (non-hydrogen) atoms. The molecule has 1 aliphatic heterocycles. The van der Waals surface area contributed by atoms with E-state index in [0.29, 0.717) is 6.54 Å². The molecule has 0 saturated carbocycles. The molecule has 3 heterocycles. The Hall–Kier alpha value is -2.03. The van der Waals surface area contributed by atoms with E-state index in [1.54, 1.807) is 30.8 Å². The molecule has 1 N–H and O–H groups in total. The highest BCUT2D eigenvalue weighted by atomic mass is 32.1. The highest BCUT2D eigenvalue weighted by molar-refractivity contribution is 7.13. The summed E-state index contributed by atoms with van der Waals surface area (Å²) >= 11 is 1.62. The van der Waals surface area contributed by atoms with Crippen LogP contribution >= 0.6 is 11.3 Å². The lowest BCUT2D eigenvalue weighted by Crippen LogP contribution is -2.52. The van der Waals surface area contributed by atoms with Crippen molar-refractivity contribution < 1.29 is 9.53 Å². The first kappa shape index (κ1) is 18.8. The summed E-state index contributed by atoms with van der Waals surface area (Å²) < 4.78 is 5.10. The molecular weight excluding hydrogens is 350 g/mol. The lowest BCUT2D eigenvalue weighted by molar-refractivity contribution is 0.106. The van der Waals surface area contributed by atoms with E-state index in [1.165, 1.54) is 0 Å². The van der Waals surface area contributed by atoms with E-state index >= 15 is 0 Å². The van der Waals surface area contributed by atoms with Crippen LogP contribution in [0.25, 0.3) is 10.6 Å². The third-order valence-electron chi connectivity index (χ3n) is 4.41. The highest BCUT2D eigenvalue weighted by Gasteiger charge is 2.20. The zero-order chi connectivity index (χ0) is 18.2. The van der Waals surface area contributed by atoms with Crippen molar-refractivity contribution in [1.82, 2.24) is 25.1 Å². The zero-order valence-electron chi connectivity index (χ0n) is 15.1. The van der Waals surface area contributed by atoms with Crippen LogP contribution in [0.5, 0.6) is 0 Å². The maximum absolute atomic E-state index is 12.3. The Morgan fingerprint density at radius 2 is 2.04 bits per heavy atom. The number of ether oxygens (including phenoxy) is 1. The van der Waals surface area contributed by atoms with Crippen LogP contribution in [0.1, 0.15) is 5.69 Å². The maximum atomic E-state index is 12.3. The summed E-state index contributed by atoms with van der Waals surface area (Å²) in [5, 5.41) is 6.05. The number of methoxy groups -OCH3 is 1. The van der Waals surface area contributed by atoms with Crippen LogP contribution in [-0.2, 0) is 11.2 Å². The number of hydrogen-bond donors (Lipinski definition) is 1. The standard InChI is InChI=1S/C18H25N5O2S/c1-25-13-12-22-8-10-23(11-9-22)18(24)20-7-4-16-14-26-17(21-16)15-2-5-19-6-3-15/h2-3,5-6,14H,4,7-13H2,1H3,(H,20,24). The molecule has 2 amide bonds. The van der Waals surface area contributed by atoms with Crippen LogP contribution in [0.2, 0.25) is 0 Å². The number of piperazine rings is 1. The molecule has 0 aliphatic carbocycles. The Morgan fingerprint density at radius 3 is 2.77 bits per heavy atom. The second-order valence-electron chi connectivity index (χ2n) is 6.18. The summed E-state index contributed by atoms with van der Waals surface area (Å²) in [4.78, 5) is 25.1. The summed E-state index contributed by atoms with van der Waals surface area (Å²) in [5.74, 6) is 0. The highest BCUT2D eigenvalue weighted by Crippen LogP contribution is 2.22. The van der Waals surface area contributed by atoms with Gasteiger partial charge in [-0.25, -0.2) is 9.78 Å². The van der Waals surface area contributed by atoms with Crippen LogP contribution < -0.4 is 5.32 Å². The van der Waals surface area contributed by atoms with Gasteiger partial charge in [-0.2, -0.15) is 0 Å². The number of pyridine rings is 1. The first-order valence-corrected chi connectivity index (χ1v) is 9.73. The maximum Gasteiger partial charge on any atom is 0.317 e. The third-order valence-corrected chi connectivity index (χ3v) is 5.35. The minimum Gasteiger partial charge on any atom is -0.383 e. The molecular formula is C18H25N5O2S. The van der Waals surface area contributed by atoms with E-state index in [2.05, 4.69) is 25.6 Å². The first-order valence-electron chi connectivity index (χ1n) is 8.85. The van der Waals surface area contributed by atoms with Crippen molar-refractivity contribution in [1.29, 1.82) is 0 Å². The molecule has 0 spiro atoms. The fraction of sp³-hybridized carbons (Fsp3) is 0.500. The number of thiazole rings is 1. The van der Waals surface area contributed by atoms with E-state index in [9.17, 15) is 4.79 Å². The number of hydrogen-bond acceptors (Lipinski definition) is 6. The lowest BCUT2D eigenvalue weighted by atomic mass is 10.3. The van der Waals surface area contributed by atoms with E-state index in [1.807, 2.05) is 17.0 Å². The van der Waals surface area contributed by atoms with Crippen LogP contribution in [0.3, 0.4) is 0 Å². The van der Waals surface area contributed by atoms with Gasteiger partial charge in [-0.15, -0.1) is 11.3 Å². The predicted molar refractivity (Wildman–Crippen MR) is 102 cm³/mol. The minimum absolute atomic E-state index is 0.0148. The molecule has 0 aromatic carbocycles. The summed E-state index contributed by atoms with van der Waals surface area (Å²) in [6.45, 7) is 5.59. The van der Waals surface area contributed by atoms with Crippen molar-refractivity contribution >= 4 is 17.4 Å². The largest absolute Gasteiger partial charge is 0.383 e. The Bertz CT molecular complexity index is 686. The first-order chi connectivity index (χ1) is 12.8. The molecule has 0 radical (unpaired) electrons. The number of urea groups is 1. The van der Waals surface area contributed by atoms with E-state index < -0.39 is 0 Å². The Morgan fingerprint density at radius 1 is 1.27 bits per heavy atom. The number of carbonyl (C=O) groups excluding carboxylic acids is 1. The van der Waals surface area contributed by atoms with E-state index in [4.69, 9.17) is 4.74 Å². The smallest absolute Gasteiger partial charge is 0.317 e. The third kappa shape index (κ3) is 5.23. The number of rotatable bonds is 7. The second-order valence-corrected chi connectivity index (χ2v) is 7.04. The molecule has 3 rings (SSSR count). The average Bonchev–Trinajstić information content (AvgIpc) is 3.16. The van der Waals surface area contributed by atoms with Crippen LogP contribution in [-0.4, -0.2) is 78.8 Å². The van der Waals surface area contributed by atoms with Gasteiger partial charge in [-0.3, -0.25) is 9.88 Å². The zero-order valence-corrected chi connectivity index (χ0v) is 15.9. The van der Waals surface area contributed by atoms with Crippen molar-refractivity contribution in [3.8, 4) is 10.6 Å². The predicted octanol–water partition coefficient (Wildman–Crippen LogP) is 1.72. The van der Waals surface area contributed by atoms with Crippen LogP contribution in [0.4, 0.5) is 4.79 Å². The Kier molecular flexibility index (Phi) is 6.93. The van der Waals surface area contributed by atoms with Crippen molar-refractivity contribution in [3.63, 3.8) is 0 Å². The van der Waals surface area contributed by atoms with Crippen LogP contribution in [0.15, 0.2) is 29.9 Å². The second kappa shape index (κ2) is 9.61. The quantitative estimate of drug-likeness (QED) is 0.798. The SMILES string of the molecule is COCCN1CCN(C(=O)NCCc2csc(-c3ccncc3)n2)CC1. The lowest BCUT2D eigenvalue weighted by Gasteiger charge is -2.34. The van der Waals surface area contributed by atoms with Gasteiger partial charge in [-0.05, 0) is 12.1 Å². The average molecular weight is 375 g/mol. The van der Waals surface area contributed by atoms with Gasteiger partial charge in [0.25, 0.3) is 0 Å². The molecule has 1 saturated heterocycles. The molecule has 2 aromatic heterocycles. The van der Waals surface area contributed by atoms with Gasteiger partial charge in [0.1, 0.15) is 5.01 Å². The number of aromatic nitrogens is 2. The molecule has 2 aromatic rings. The Labute approximate surface area is 158 Å². The number of amides is 2. The number of nitrogens with zero attached hydrogens (tertiary/aromatic N) is 4. The summed E-state index contributed by atoms with van der Waals surface area (Å²) in [6, 6.07) is 3.92. The summed E-state index contributed by atoms with van der Waals surface area (Å²) in [5.41, 5.74) is 2.08. The Balaban J connectivity index is 1.39. The normalized spacial score (nSPS) is 15.2. The van der Waals surface area contributed by atoms with Gasteiger partial charge in [0, 0.05) is 76.1 Å². The van der Waals surface area contributed by atoms with Gasteiger partial charge in [-0.1, -0.05) is 0 Å². The summed E-state index contributed by atoms with van der Waals surface area (Å²) in [7, 11) is 1.71. The van der Waals surface area contributed by atoms with Crippen molar-refractivity contribution in [2.24, 2.45) is 0 Å².